The smallest absolute Gasteiger partial charge is 0.185 e. The number of aromatic hydroxyl groups is 1. The first kappa shape index (κ1) is 14.5. The SMILES string of the molecule is Cc1cc(/C=C/C(=O)c2ccc(Br)cc2)cc(C)c1O. The maximum Gasteiger partial charge on any atom is 0.185 e. The third-order valence-electron chi connectivity index (χ3n) is 3.07. The summed E-state index contributed by atoms with van der Waals surface area (Å²) in [7, 11) is 0. The van der Waals surface area contributed by atoms with Gasteiger partial charge in [-0.15, -0.1) is 0 Å². The third kappa shape index (κ3) is 3.36. The van der Waals surface area contributed by atoms with Crippen molar-refractivity contribution in [3.8, 4) is 5.75 Å². The second-order valence-corrected chi connectivity index (χ2v) is 5.62. The Kier molecular flexibility index (Phi) is 4.40. The number of rotatable bonds is 3. The van der Waals surface area contributed by atoms with Crippen LogP contribution in [0.2, 0.25) is 0 Å². The molecule has 2 nitrogen and oxygen atoms in total. The van der Waals surface area contributed by atoms with Crippen molar-refractivity contribution >= 4 is 27.8 Å². The number of hydrogen-bond donors (Lipinski definition) is 1. The largest absolute Gasteiger partial charge is 0.507 e. The summed E-state index contributed by atoms with van der Waals surface area (Å²) in [6, 6.07) is 11.0. The Bertz CT molecular complexity index is 647. The lowest BCUT2D eigenvalue weighted by Crippen LogP contribution is -1.93. The van der Waals surface area contributed by atoms with Gasteiger partial charge in [0.05, 0.1) is 0 Å². The monoisotopic (exact) mass is 330 g/mol. The predicted molar refractivity (Wildman–Crippen MR) is 85.1 cm³/mol. The quantitative estimate of drug-likeness (QED) is 0.656. The molecule has 102 valence electrons. The van der Waals surface area contributed by atoms with E-state index >= 15 is 0 Å². The van der Waals surface area contributed by atoms with Crippen LogP contribution < -0.4 is 0 Å². The second kappa shape index (κ2) is 6.06. The normalized spacial score (nSPS) is 10.9. The van der Waals surface area contributed by atoms with E-state index in [1.807, 2.05) is 38.1 Å². The molecule has 3 heteroatoms. The summed E-state index contributed by atoms with van der Waals surface area (Å²) >= 11 is 3.34. The molecular weight excluding hydrogens is 316 g/mol. The molecular formula is C17H15BrO2. The second-order valence-electron chi connectivity index (χ2n) is 4.71. The summed E-state index contributed by atoms with van der Waals surface area (Å²) < 4.78 is 0.947. The minimum atomic E-state index is -0.0409. The van der Waals surface area contributed by atoms with Gasteiger partial charge in [0, 0.05) is 10.0 Å². The molecule has 0 saturated carbocycles. The average molecular weight is 331 g/mol. The van der Waals surface area contributed by atoms with Crippen molar-refractivity contribution < 1.29 is 9.90 Å². The van der Waals surface area contributed by atoms with E-state index in [1.54, 1.807) is 24.3 Å². The van der Waals surface area contributed by atoms with Gasteiger partial charge in [0.1, 0.15) is 5.75 Å². The Morgan fingerprint density at radius 1 is 1.10 bits per heavy atom. The Morgan fingerprint density at radius 3 is 2.20 bits per heavy atom. The Balaban J connectivity index is 2.21. The zero-order chi connectivity index (χ0) is 14.7. The summed E-state index contributed by atoms with van der Waals surface area (Å²) in [5.74, 6) is 0.266. The van der Waals surface area contributed by atoms with Crippen LogP contribution in [-0.2, 0) is 0 Å². The number of aryl methyl sites for hydroxylation is 2. The molecule has 2 aromatic rings. The van der Waals surface area contributed by atoms with Gasteiger partial charge in [0.15, 0.2) is 5.78 Å². The minimum Gasteiger partial charge on any atom is -0.507 e. The highest BCUT2D eigenvalue weighted by Crippen LogP contribution is 2.23. The van der Waals surface area contributed by atoms with Crippen LogP contribution in [0.15, 0.2) is 46.9 Å². The predicted octanol–water partition coefficient (Wildman–Crippen LogP) is 4.67. The molecule has 0 radical (unpaired) electrons. The van der Waals surface area contributed by atoms with E-state index < -0.39 is 0 Å². The first-order chi connectivity index (χ1) is 9.47. The van der Waals surface area contributed by atoms with E-state index in [1.165, 1.54) is 0 Å². The lowest BCUT2D eigenvalue weighted by molar-refractivity contribution is 0.104. The van der Waals surface area contributed by atoms with Crippen molar-refractivity contribution in [2.24, 2.45) is 0 Å². The van der Waals surface area contributed by atoms with Gasteiger partial charge in [-0.25, -0.2) is 0 Å². The van der Waals surface area contributed by atoms with Crippen LogP contribution in [0.3, 0.4) is 0 Å². The van der Waals surface area contributed by atoms with Gasteiger partial charge in [-0.3, -0.25) is 4.79 Å². The fourth-order valence-electron chi connectivity index (χ4n) is 1.97. The fraction of sp³-hybridized carbons (Fsp3) is 0.118. The maximum atomic E-state index is 12.0. The number of hydrogen-bond acceptors (Lipinski definition) is 2. The van der Waals surface area contributed by atoms with Gasteiger partial charge in [-0.05, 0) is 73.0 Å². The molecule has 0 heterocycles. The van der Waals surface area contributed by atoms with Crippen LogP contribution >= 0.6 is 15.9 Å². The van der Waals surface area contributed by atoms with Gasteiger partial charge in [0.25, 0.3) is 0 Å². The van der Waals surface area contributed by atoms with Gasteiger partial charge in [-0.2, -0.15) is 0 Å². The molecule has 0 aliphatic heterocycles. The number of carbonyl (C=O) groups excluding carboxylic acids is 1. The topological polar surface area (TPSA) is 37.3 Å². The lowest BCUT2D eigenvalue weighted by Gasteiger charge is -2.04. The van der Waals surface area contributed by atoms with Crippen molar-refractivity contribution in [2.75, 3.05) is 0 Å². The molecule has 2 aromatic carbocycles. The number of benzene rings is 2. The van der Waals surface area contributed by atoms with E-state index in [0.717, 1.165) is 21.2 Å². The van der Waals surface area contributed by atoms with Crippen LogP contribution in [0.1, 0.15) is 27.0 Å². The molecule has 0 atom stereocenters. The van der Waals surface area contributed by atoms with Crippen molar-refractivity contribution in [1.29, 1.82) is 0 Å². The molecule has 0 spiro atoms. The number of phenols is 1. The average Bonchev–Trinajstić information content (AvgIpc) is 2.42. The van der Waals surface area contributed by atoms with Crippen LogP contribution in [0.5, 0.6) is 5.75 Å². The molecule has 20 heavy (non-hydrogen) atoms. The van der Waals surface area contributed by atoms with Crippen molar-refractivity contribution in [3.05, 3.63) is 69.2 Å². The summed E-state index contributed by atoms with van der Waals surface area (Å²) in [5.41, 5.74) is 3.17. The minimum absolute atomic E-state index is 0.0409. The van der Waals surface area contributed by atoms with E-state index in [-0.39, 0.29) is 5.78 Å². The van der Waals surface area contributed by atoms with Crippen LogP contribution in [0, 0.1) is 13.8 Å². The standard InChI is InChI=1S/C17H15BrO2/c1-11-9-13(10-12(2)17(11)20)3-8-16(19)14-4-6-15(18)7-5-14/h3-10,20H,1-2H3/b8-3+. The number of allylic oxidation sites excluding steroid dienone is 1. The lowest BCUT2D eigenvalue weighted by atomic mass is 10.0. The fourth-order valence-corrected chi connectivity index (χ4v) is 2.23. The molecule has 1 N–H and O–H groups in total. The summed E-state index contributed by atoms with van der Waals surface area (Å²) in [6.45, 7) is 3.69. The number of phenolic OH excluding ortho intramolecular Hbond substituents is 1. The first-order valence-electron chi connectivity index (χ1n) is 6.25. The number of carbonyl (C=O) groups is 1. The van der Waals surface area contributed by atoms with Crippen LogP contribution in [-0.4, -0.2) is 10.9 Å². The van der Waals surface area contributed by atoms with Crippen molar-refractivity contribution in [1.82, 2.24) is 0 Å². The van der Waals surface area contributed by atoms with Crippen LogP contribution in [0.25, 0.3) is 6.08 Å². The zero-order valence-electron chi connectivity index (χ0n) is 11.4. The highest BCUT2D eigenvalue weighted by atomic mass is 79.9. The zero-order valence-corrected chi connectivity index (χ0v) is 12.9. The van der Waals surface area contributed by atoms with Gasteiger partial charge in [0.2, 0.25) is 0 Å². The van der Waals surface area contributed by atoms with Crippen LogP contribution in [0.4, 0.5) is 0 Å². The Labute approximate surface area is 126 Å². The molecule has 0 unspecified atom stereocenters. The summed E-state index contributed by atoms with van der Waals surface area (Å²) in [4.78, 5) is 12.0. The molecule has 0 saturated heterocycles. The maximum absolute atomic E-state index is 12.0. The highest BCUT2D eigenvalue weighted by Gasteiger charge is 2.03. The van der Waals surface area contributed by atoms with E-state index in [2.05, 4.69) is 15.9 Å². The summed E-state index contributed by atoms with van der Waals surface area (Å²) in [6.07, 6.45) is 3.32. The van der Waals surface area contributed by atoms with Crippen molar-refractivity contribution in [2.45, 2.75) is 13.8 Å². The molecule has 0 bridgehead atoms. The Morgan fingerprint density at radius 2 is 1.65 bits per heavy atom. The van der Waals surface area contributed by atoms with Gasteiger partial charge < -0.3 is 5.11 Å². The first-order valence-corrected chi connectivity index (χ1v) is 7.05. The number of ketones is 1. The van der Waals surface area contributed by atoms with E-state index in [9.17, 15) is 9.90 Å². The highest BCUT2D eigenvalue weighted by molar-refractivity contribution is 9.10. The van der Waals surface area contributed by atoms with Gasteiger partial charge in [-0.1, -0.05) is 22.0 Å². The van der Waals surface area contributed by atoms with Gasteiger partial charge >= 0.3 is 0 Å². The molecule has 0 fully saturated rings. The Hall–Kier alpha value is -1.87. The summed E-state index contributed by atoms with van der Waals surface area (Å²) in [5, 5.41) is 9.72. The van der Waals surface area contributed by atoms with E-state index in [0.29, 0.717) is 11.3 Å². The molecule has 2 rings (SSSR count). The molecule has 0 aliphatic rings. The molecule has 0 aliphatic carbocycles. The third-order valence-corrected chi connectivity index (χ3v) is 3.60. The molecule has 0 aromatic heterocycles. The number of halogens is 1. The molecule has 0 amide bonds. The van der Waals surface area contributed by atoms with E-state index in [4.69, 9.17) is 0 Å². The van der Waals surface area contributed by atoms with Crippen molar-refractivity contribution in [3.63, 3.8) is 0 Å².